The summed E-state index contributed by atoms with van der Waals surface area (Å²) in [6.07, 6.45) is 4.89. The van der Waals surface area contributed by atoms with Crippen LogP contribution in [0.5, 0.6) is 0 Å². The number of hydrogen-bond donors (Lipinski definition) is 2. The van der Waals surface area contributed by atoms with E-state index in [1.165, 1.54) is 6.42 Å². The average molecular weight is 283 g/mol. The number of nitrogens with one attached hydrogen (secondary N) is 1. The summed E-state index contributed by atoms with van der Waals surface area (Å²) in [5.41, 5.74) is 5.72. The van der Waals surface area contributed by atoms with E-state index in [2.05, 4.69) is 31.0 Å². The molecular formula is C16H33N3O. The van der Waals surface area contributed by atoms with Gasteiger partial charge in [-0.25, -0.2) is 0 Å². The van der Waals surface area contributed by atoms with Crippen LogP contribution in [0.1, 0.15) is 52.9 Å². The summed E-state index contributed by atoms with van der Waals surface area (Å²) in [5, 5.41) is 3.20. The van der Waals surface area contributed by atoms with E-state index >= 15 is 0 Å². The van der Waals surface area contributed by atoms with Gasteiger partial charge in [-0.15, -0.1) is 0 Å². The van der Waals surface area contributed by atoms with Crippen molar-refractivity contribution in [1.82, 2.24) is 10.2 Å². The Hall–Kier alpha value is -0.610. The Labute approximate surface area is 124 Å². The summed E-state index contributed by atoms with van der Waals surface area (Å²) in [5.74, 6) is 1.17. The Morgan fingerprint density at radius 3 is 2.60 bits per heavy atom. The van der Waals surface area contributed by atoms with Crippen molar-refractivity contribution >= 4 is 5.91 Å². The van der Waals surface area contributed by atoms with Crippen LogP contribution in [-0.4, -0.2) is 43.0 Å². The second-order valence-corrected chi connectivity index (χ2v) is 7.42. The van der Waals surface area contributed by atoms with E-state index in [1.807, 2.05) is 14.1 Å². The maximum absolute atomic E-state index is 12.6. The molecule has 1 amide bonds. The molecule has 0 aromatic heterocycles. The molecule has 0 saturated heterocycles. The summed E-state index contributed by atoms with van der Waals surface area (Å²) in [4.78, 5) is 14.7. The van der Waals surface area contributed by atoms with Crippen molar-refractivity contribution in [2.45, 2.75) is 64.5 Å². The topological polar surface area (TPSA) is 58.4 Å². The molecule has 1 saturated carbocycles. The zero-order chi connectivity index (χ0) is 15.3. The Morgan fingerprint density at radius 2 is 2.10 bits per heavy atom. The second-order valence-electron chi connectivity index (χ2n) is 7.42. The third-order valence-corrected chi connectivity index (χ3v) is 4.16. The fourth-order valence-electron chi connectivity index (χ4n) is 3.32. The summed E-state index contributed by atoms with van der Waals surface area (Å²) in [6, 6.07) is 0.190. The van der Waals surface area contributed by atoms with Gasteiger partial charge < -0.3 is 16.0 Å². The Morgan fingerprint density at radius 1 is 1.45 bits per heavy atom. The first kappa shape index (κ1) is 17.4. The van der Waals surface area contributed by atoms with Gasteiger partial charge in [-0.1, -0.05) is 33.6 Å². The number of carbonyl (C=O) groups excluding carboxylic acids is 1. The van der Waals surface area contributed by atoms with Gasteiger partial charge in [-0.3, -0.25) is 4.79 Å². The minimum absolute atomic E-state index is 0.0524. The van der Waals surface area contributed by atoms with Crippen molar-refractivity contribution in [3.63, 3.8) is 0 Å². The maximum Gasteiger partial charge on any atom is 0.240 e. The largest absolute Gasteiger partial charge is 0.350 e. The van der Waals surface area contributed by atoms with E-state index in [0.29, 0.717) is 11.8 Å². The number of hydrogen-bond acceptors (Lipinski definition) is 3. The molecule has 3 unspecified atom stereocenters. The van der Waals surface area contributed by atoms with Gasteiger partial charge in [0.1, 0.15) is 0 Å². The molecule has 1 aliphatic carbocycles. The van der Waals surface area contributed by atoms with Gasteiger partial charge in [0.05, 0.1) is 5.54 Å². The summed E-state index contributed by atoms with van der Waals surface area (Å²) in [6.45, 7) is 7.44. The summed E-state index contributed by atoms with van der Waals surface area (Å²) >= 11 is 0. The number of likely N-dealkylation sites (N-methyl/N-ethyl adjacent to an activating group) is 1. The first-order chi connectivity index (χ1) is 9.23. The molecule has 0 radical (unpaired) electrons. The lowest BCUT2D eigenvalue weighted by Crippen LogP contribution is -2.59. The van der Waals surface area contributed by atoms with Gasteiger partial charge in [0, 0.05) is 12.6 Å². The highest BCUT2D eigenvalue weighted by molar-refractivity contribution is 5.86. The zero-order valence-electron chi connectivity index (χ0n) is 13.9. The number of rotatable bonds is 6. The predicted molar refractivity (Wildman–Crippen MR) is 84.5 cm³/mol. The molecule has 0 aromatic carbocycles. The lowest BCUT2D eigenvalue weighted by molar-refractivity contribution is -0.129. The van der Waals surface area contributed by atoms with E-state index < -0.39 is 5.54 Å². The van der Waals surface area contributed by atoms with Gasteiger partial charge in [0.25, 0.3) is 0 Å². The molecule has 4 heteroatoms. The van der Waals surface area contributed by atoms with Crippen LogP contribution in [0, 0.1) is 11.8 Å². The molecule has 3 atom stereocenters. The van der Waals surface area contributed by atoms with Crippen molar-refractivity contribution in [2.75, 3.05) is 20.6 Å². The van der Waals surface area contributed by atoms with E-state index in [-0.39, 0.29) is 11.9 Å². The predicted octanol–water partition coefficient (Wildman–Crippen LogP) is 1.99. The molecule has 0 bridgehead atoms. The Balaban J connectivity index is 2.64. The van der Waals surface area contributed by atoms with Crippen LogP contribution < -0.4 is 11.1 Å². The highest BCUT2D eigenvalue weighted by atomic mass is 16.2. The van der Waals surface area contributed by atoms with Gasteiger partial charge in [-0.05, 0) is 45.2 Å². The first-order valence-electron chi connectivity index (χ1n) is 7.97. The van der Waals surface area contributed by atoms with Crippen LogP contribution in [0.4, 0.5) is 0 Å². The summed E-state index contributed by atoms with van der Waals surface area (Å²) in [7, 11) is 4.08. The van der Waals surface area contributed by atoms with Crippen molar-refractivity contribution < 1.29 is 4.79 Å². The van der Waals surface area contributed by atoms with E-state index in [4.69, 9.17) is 5.73 Å². The molecule has 20 heavy (non-hydrogen) atoms. The minimum Gasteiger partial charge on any atom is -0.350 e. The Kier molecular flexibility index (Phi) is 6.46. The minimum atomic E-state index is -0.654. The molecule has 118 valence electrons. The maximum atomic E-state index is 12.6. The van der Waals surface area contributed by atoms with Crippen LogP contribution in [0.2, 0.25) is 0 Å². The molecule has 1 aliphatic rings. The van der Waals surface area contributed by atoms with Gasteiger partial charge in [0.2, 0.25) is 5.91 Å². The molecule has 3 N–H and O–H groups in total. The SMILES string of the molecule is CC(C)CC(CN(C)C)NC(=O)C1(N)CCCC(C)C1. The van der Waals surface area contributed by atoms with Crippen LogP contribution in [0.3, 0.4) is 0 Å². The molecule has 0 aromatic rings. The number of amides is 1. The molecular weight excluding hydrogens is 250 g/mol. The third kappa shape index (κ3) is 5.41. The average Bonchev–Trinajstić information content (AvgIpc) is 2.26. The van der Waals surface area contributed by atoms with E-state index in [1.54, 1.807) is 0 Å². The van der Waals surface area contributed by atoms with Crippen molar-refractivity contribution in [3.05, 3.63) is 0 Å². The molecule has 0 spiro atoms. The van der Waals surface area contributed by atoms with Gasteiger partial charge in [-0.2, -0.15) is 0 Å². The smallest absolute Gasteiger partial charge is 0.240 e. The number of carbonyl (C=O) groups is 1. The Bertz CT molecular complexity index is 307. The van der Waals surface area contributed by atoms with Crippen molar-refractivity contribution in [1.29, 1.82) is 0 Å². The fourth-order valence-corrected chi connectivity index (χ4v) is 3.32. The van der Waals surface area contributed by atoms with Crippen molar-refractivity contribution in [2.24, 2.45) is 17.6 Å². The lowest BCUT2D eigenvalue weighted by Gasteiger charge is -2.37. The van der Waals surface area contributed by atoms with Gasteiger partial charge >= 0.3 is 0 Å². The zero-order valence-corrected chi connectivity index (χ0v) is 13.9. The number of nitrogens with two attached hydrogens (primary N) is 1. The molecule has 4 nitrogen and oxygen atoms in total. The molecule has 0 aliphatic heterocycles. The monoisotopic (exact) mass is 283 g/mol. The third-order valence-electron chi connectivity index (χ3n) is 4.16. The highest BCUT2D eigenvalue weighted by Gasteiger charge is 2.38. The second kappa shape index (κ2) is 7.41. The standard InChI is InChI=1S/C16H33N3O/c1-12(2)9-14(11-19(4)5)18-15(20)16(17)8-6-7-13(3)10-16/h12-14H,6-11,17H2,1-5H3,(H,18,20). The normalized spacial score (nSPS) is 28.7. The lowest BCUT2D eigenvalue weighted by atomic mass is 9.76. The summed E-state index contributed by atoms with van der Waals surface area (Å²) < 4.78 is 0. The highest BCUT2D eigenvalue weighted by Crippen LogP contribution is 2.30. The van der Waals surface area contributed by atoms with Crippen LogP contribution in [-0.2, 0) is 4.79 Å². The number of nitrogens with zero attached hydrogens (tertiary/aromatic N) is 1. The fraction of sp³-hybridized carbons (Fsp3) is 0.938. The first-order valence-corrected chi connectivity index (χ1v) is 7.97. The van der Waals surface area contributed by atoms with Crippen LogP contribution in [0.15, 0.2) is 0 Å². The van der Waals surface area contributed by atoms with Crippen molar-refractivity contribution in [3.8, 4) is 0 Å². The quantitative estimate of drug-likeness (QED) is 0.784. The van der Waals surface area contributed by atoms with Gasteiger partial charge in [0.15, 0.2) is 0 Å². The van der Waals surface area contributed by atoms with Crippen LogP contribution in [0.25, 0.3) is 0 Å². The molecule has 0 heterocycles. The molecule has 1 fully saturated rings. The van der Waals surface area contributed by atoms with E-state index in [9.17, 15) is 4.79 Å². The van der Waals surface area contributed by atoms with E-state index in [0.717, 1.165) is 32.2 Å². The van der Waals surface area contributed by atoms with Crippen LogP contribution >= 0.6 is 0 Å². The molecule has 1 rings (SSSR count).